The highest BCUT2D eigenvalue weighted by Gasteiger charge is 2.31. The lowest BCUT2D eigenvalue weighted by atomic mass is 10.2. The van der Waals surface area contributed by atoms with Crippen LogP contribution in [0.25, 0.3) is 11.3 Å². The van der Waals surface area contributed by atoms with E-state index < -0.39 is 15.8 Å². The van der Waals surface area contributed by atoms with Crippen LogP contribution in [0, 0.1) is 5.82 Å². The number of halogens is 2. The lowest BCUT2D eigenvalue weighted by molar-refractivity contribution is -0.132. The van der Waals surface area contributed by atoms with Gasteiger partial charge in [-0.15, -0.1) is 0 Å². The van der Waals surface area contributed by atoms with Crippen LogP contribution in [0.4, 0.5) is 4.39 Å². The van der Waals surface area contributed by atoms with Gasteiger partial charge in [-0.1, -0.05) is 35.9 Å². The molecule has 0 radical (unpaired) electrons. The van der Waals surface area contributed by atoms with E-state index in [1.807, 2.05) is 0 Å². The van der Waals surface area contributed by atoms with E-state index in [2.05, 4.69) is 4.98 Å². The molecular formula is C22H21ClFN3O4S. The van der Waals surface area contributed by atoms with Gasteiger partial charge in [0.05, 0.1) is 16.8 Å². The number of oxazole rings is 1. The van der Waals surface area contributed by atoms with E-state index >= 15 is 0 Å². The first-order chi connectivity index (χ1) is 15.4. The van der Waals surface area contributed by atoms with Crippen LogP contribution >= 0.6 is 11.6 Å². The fraction of sp³-hybridized carbons (Fsp3) is 0.273. The second-order valence-corrected chi connectivity index (χ2v) is 9.63. The molecule has 3 aromatic rings. The van der Waals surface area contributed by atoms with E-state index in [0.29, 0.717) is 17.2 Å². The largest absolute Gasteiger partial charge is 0.441 e. The number of sulfonamides is 1. The van der Waals surface area contributed by atoms with Gasteiger partial charge in [-0.25, -0.2) is 17.8 Å². The molecule has 32 heavy (non-hydrogen) atoms. The summed E-state index contributed by atoms with van der Waals surface area (Å²) in [6.07, 6.45) is 1.87. The SMILES string of the molecule is O=C(CCc1ncc(-c2ccccc2F)o1)N1CCN(S(=O)(=O)c2ccccc2Cl)CC1. The molecule has 1 amide bonds. The summed E-state index contributed by atoms with van der Waals surface area (Å²) in [5.74, 6) is 0.127. The van der Waals surface area contributed by atoms with Crippen molar-refractivity contribution in [3.8, 4) is 11.3 Å². The number of hydrogen-bond acceptors (Lipinski definition) is 5. The Balaban J connectivity index is 1.32. The van der Waals surface area contributed by atoms with Crippen LogP contribution in [-0.4, -0.2) is 54.7 Å². The zero-order valence-corrected chi connectivity index (χ0v) is 18.7. The molecule has 0 unspecified atom stereocenters. The van der Waals surface area contributed by atoms with Crippen LogP contribution in [0.15, 0.2) is 64.0 Å². The third-order valence-corrected chi connectivity index (χ3v) is 7.69. The number of carbonyl (C=O) groups excluding carboxylic acids is 1. The maximum atomic E-state index is 13.9. The van der Waals surface area contributed by atoms with Crippen molar-refractivity contribution >= 4 is 27.5 Å². The summed E-state index contributed by atoms with van der Waals surface area (Å²) in [7, 11) is -3.72. The second-order valence-electron chi connectivity index (χ2n) is 7.31. The van der Waals surface area contributed by atoms with E-state index in [1.54, 1.807) is 35.2 Å². The van der Waals surface area contributed by atoms with Crippen molar-refractivity contribution in [1.82, 2.24) is 14.2 Å². The van der Waals surface area contributed by atoms with Crippen molar-refractivity contribution in [2.75, 3.05) is 26.2 Å². The lowest BCUT2D eigenvalue weighted by Crippen LogP contribution is -2.50. The Morgan fingerprint density at radius 2 is 1.75 bits per heavy atom. The van der Waals surface area contributed by atoms with Gasteiger partial charge >= 0.3 is 0 Å². The highest BCUT2D eigenvalue weighted by Crippen LogP contribution is 2.26. The molecular weight excluding hydrogens is 457 g/mol. The Morgan fingerprint density at radius 1 is 1.06 bits per heavy atom. The van der Waals surface area contributed by atoms with E-state index in [-0.39, 0.29) is 54.8 Å². The fourth-order valence-electron chi connectivity index (χ4n) is 3.55. The number of aromatic nitrogens is 1. The first kappa shape index (κ1) is 22.4. The minimum absolute atomic E-state index is 0.0657. The monoisotopic (exact) mass is 477 g/mol. The van der Waals surface area contributed by atoms with Crippen molar-refractivity contribution in [2.24, 2.45) is 0 Å². The Kier molecular flexibility index (Phi) is 6.59. The second kappa shape index (κ2) is 9.40. The quantitative estimate of drug-likeness (QED) is 0.541. The topological polar surface area (TPSA) is 83.7 Å². The number of benzene rings is 2. The first-order valence-corrected chi connectivity index (χ1v) is 11.9. The zero-order valence-electron chi connectivity index (χ0n) is 17.1. The van der Waals surface area contributed by atoms with Crippen molar-refractivity contribution in [3.05, 3.63) is 71.5 Å². The average molecular weight is 478 g/mol. The van der Waals surface area contributed by atoms with Crippen LogP contribution < -0.4 is 0 Å². The summed E-state index contributed by atoms with van der Waals surface area (Å²) < 4.78 is 46.5. The number of aryl methyl sites for hydroxylation is 1. The molecule has 1 fully saturated rings. The third kappa shape index (κ3) is 4.69. The van der Waals surface area contributed by atoms with Gasteiger partial charge in [0.25, 0.3) is 0 Å². The molecule has 0 N–H and O–H groups in total. The molecule has 2 heterocycles. The van der Waals surface area contributed by atoms with Crippen LogP contribution in [0.3, 0.4) is 0 Å². The summed E-state index contributed by atoms with van der Waals surface area (Å²) in [5, 5.41) is 0.173. The molecule has 1 aliphatic rings. The number of carbonyl (C=O) groups is 1. The summed E-state index contributed by atoms with van der Waals surface area (Å²) >= 11 is 6.05. The molecule has 7 nitrogen and oxygen atoms in total. The van der Waals surface area contributed by atoms with Crippen LogP contribution in [0.2, 0.25) is 5.02 Å². The Hall–Kier alpha value is -2.75. The average Bonchev–Trinajstić information content (AvgIpc) is 3.27. The fourth-order valence-corrected chi connectivity index (χ4v) is 5.47. The summed E-state index contributed by atoms with van der Waals surface area (Å²) in [6, 6.07) is 12.5. The molecule has 1 aliphatic heterocycles. The normalized spacial score (nSPS) is 15.1. The number of amides is 1. The van der Waals surface area contributed by atoms with Crippen molar-refractivity contribution in [1.29, 1.82) is 0 Å². The lowest BCUT2D eigenvalue weighted by Gasteiger charge is -2.34. The van der Waals surface area contributed by atoms with Crippen molar-refractivity contribution < 1.29 is 22.0 Å². The van der Waals surface area contributed by atoms with Crippen LogP contribution in [0.1, 0.15) is 12.3 Å². The molecule has 168 valence electrons. The number of hydrogen-bond donors (Lipinski definition) is 0. The smallest absolute Gasteiger partial charge is 0.244 e. The molecule has 0 saturated carbocycles. The Morgan fingerprint density at radius 3 is 2.47 bits per heavy atom. The van der Waals surface area contributed by atoms with Gasteiger partial charge in [-0.2, -0.15) is 4.31 Å². The highest BCUT2D eigenvalue weighted by molar-refractivity contribution is 7.89. The van der Waals surface area contributed by atoms with E-state index in [9.17, 15) is 17.6 Å². The van der Waals surface area contributed by atoms with Gasteiger partial charge in [0.1, 0.15) is 10.7 Å². The Labute approximate surface area is 190 Å². The predicted octanol–water partition coefficient (Wildman–Crippen LogP) is 3.60. The number of nitrogens with zero attached hydrogens (tertiary/aromatic N) is 3. The van der Waals surface area contributed by atoms with Gasteiger partial charge < -0.3 is 9.32 Å². The van der Waals surface area contributed by atoms with Crippen molar-refractivity contribution in [2.45, 2.75) is 17.7 Å². The van der Waals surface area contributed by atoms with Crippen molar-refractivity contribution in [3.63, 3.8) is 0 Å². The highest BCUT2D eigenvalue weighted by atomic mass is 35.5. The van der Waals surface area contributed by atoms with Crippen LogP contribution in [-0.2, 0) is 21.2 Å². The van der Waals surface area contributed by atoms with Gasteiger partial charge in [-0.05, 0) is 24.3 Å². The molecule has 0 bridgehead atoms. The summed E-state index contributed by atoms with van der Waals surface area (Å²) in [5.41, 5.74) is 0.313. The molecule has 1 saturated heterocycles. The minimum Gasteiger partial charge on any atom is -0.441 e. The molecule has 0 atom stereocenters. The predicted molar refractivity (Wildman–Crippen MR) is 117 cm³/mol. The molecule has 0 spiro atoms. The zero-order chi connectivity index (χ0) is 22.7. The Bertz CT molecular complexity index is 1220. The van der Waals surface area contributed by atoms with Gasteiger partial charge in [-0.3, -0.25) is 4.79 Å². The van der Waals surface area contributed by atoms with E-state index in [0.717, 1.165) is 0 Å². The third-order valence-electron chi connectivity index (χ3n) is 5.29. The minimum atomic E-state index is -3.72. The summed E-state index contributed by atoms with van der Waals surface area (Å²) in [6.45, 7) is 0.953. The summed E-state index contributed by atoms with van der Waals surface area (Å²) in [4.78, 5) is 18.4. The standard InChI is InChI=1S/C22H21ClFN3O4S/c23-17-6-2-4-8-20(17)32(29,30)27-13-11-26(12-14-27)22(28)10-9-21-25-15-19(31-21)16-5-1-3-7-18(16)24/h1-8,15H,9-14H2. The maximum Gasteiger partial charge on any atom is 0.244 e. The van der Waals surface area contributed by atoms with Gasteiger partial charge in [0.2, 0.25) is 15.9 Å². The molecule has 2 aromatic carbocycles. The van der Waals surface area contributed by atoms with E-state index in [4.69, 9.17) is 16.0 Å². The molecule has 10 heteroatoms. The molecule has 4 rings (SSSR count). The molecule has 0 aliphatic carbocycles. The number of rotatable bonds is 6. The van der Waals surface area contributed by atoms with Gasteiger partial charge in [0.15, 0.2) is 11.7 Å². The maximum absolute atomic E-state index is 13.9. The molecule has 1 aromatic heterocycles. The first-order valence-electron chi connectivity index (χ1n) is 10.1. The number of piperazine rings is 1. The van der Waals surface area contributed by atoms with E-state index in [1.165, 1.54) is 28.7 Å². The van der Waals surface area contributed by atoms with Gasteiger partial charge in [0, 0.05) is 39.0 Å². The van der Waals surface area contributed by atoms with Crippen LogP contribution in [0.5, 0.6) is 0 Å².